The zero-order valence-electron chi connectivity index (χ0n) is 17.3. The molecular formula is C23H22N4O3. The fourth-order valence-electron chi connectivity index (χ4n) is 3.47. The zero-order chi connectivity index (χ0) is 21.3. The van der Waals surface area contributed by atoms with Gasteiger partial charge in [-0.2, -0.15) is 5.10 Å². The van der Waals surface area contributed by atoms with Crippen LogP contribution in [0.15, 0.2) is 54.7 Å². The maximum atomic E-state index is 13.0. The van der Waals surface area contributed by atoms with Gasteiger partial charge in [-0.1, -0.05) is 30.3 Å². The highest BCUT2D eigenvalue weighted by Gasteiger charge is 2.19. The number of carbonyl (C=O) groups excluding carboxylic acids is 1. The van der Waals surface area contributed by atoms with Gasteiger partial charge in [0, 0.05) is 17.8 Å². The number of aryl methyl sites for hydroxylation is 2. The molecule has 0 aliphatic heterocycles. The molecule has 0 radical (unpaired) electrons. The number of ether oxygens (including phenoxy) is 2. The second kappa shape index (κ2) is 7.87. The smallest absolute Gasteiger partial charge is 0.259 e. The van der Waals surface area contributed by atoms with Crippen molar-refractivity contribution in [3.05, 3.63) is 71.7 Å². The zero-order valence-corrected chi connectivity index (χ0v) is 17.3. The molecule has 0 atom stereocenters. The van der Waals surface area contributed by atoms with Crippen LogP contribution in [-0.2, 0) is 0 Å². The largest absolute Gasteiger partial charge is 0.497 e. The first-order valence-corrected chi connectivity index (χ1v) is 9.47. The first kappa shape index (κ1) is 19.4. The van der Waals surface area contributed by atoms with E-state index in [0.717, 1.165) is 16.8 Å². The molecule has 4 rings (SSSR count). The van der Waals surface area contributed by atoms with E-state index < -0.39 is 0 Å². The van der Waals surface area contributed by atoms with E-state index in [1.807, 2.05) is 44.2 Å². The summed E-state index contributed by atoms with van der Waals surface area (Å²) in [6.07, 6.45) is 1.58. The number of rotatable bonds is 5. The standard InChI is InChI=1S/C23H22N4O3/c1-14-21(16-8-6-5-7-9-16)22-24-13-18(15(2)27(22)26-14)23(28)25-19-12-17(29-3)10-11-20(19)30-4/h5-13H,1-4H3,(H,25,28). The van der Waals surface area contributed by atoms with E-state index in [9.17, 15) is 4.79 Å². The summed E-state index contributed by atoms with van der Waals surface area (Å²) in [5.41, 5.74) is 5.20. The van der Waals surface area contributed by atoms with E-state index in [-0.39, 0.29) is 5.91 Å². The number of methoxy groups -OCH3 is 2. The number of anilines is 1. The van der Waals surface area contributed by atoms with Gasteiger partial charge < -0.3 is 14.8 Å². The third-order valence-electron chi connectivity index (χ3n) is 5.02. The minimum Gasteiger partial charge on any atom is -0.497 e. The van der Waals surface area contributed by atoms with Crippen molar-refractivity contribution >= 4 is 17.2 Å². The Kier molecular flexibility index (Phi) is 5.10. The third kappa shape index (κ3) is 3.34. The van der Waals surface area contributed by atoms with Crippen LogP contribution in [0.4, 0.5) is 5.69 Å². The van der Waals surface area contributed by atoms with Gasteiger partial charge in [-0.3, -0.25) is 4.79 Å². The normalized spacial score (nSPS) is 10.8. The summed E-state index contributed by atoms with van der Waals surface area (Å²) in [5, 5.41) is 7.52. The monoisotopic (exact) mass is 402 g/mol. The molecule has 7 heteroatoms. The van der Waals surface area contributed by atoms with Crippen LogP contribution >= 0.6 is 0 Å². The number of nitrogens with zero attached hydrogens (tertiary/aromatic N) is 3. The molecule has 0 spiro atoms. The molecule has 1 N–H and O–H groups in total. The summed E-state index contributed by atoms with van der Waals surface area (Å²) in [7, 11) is 3.12. The fraction of sp³-hybridized carbons (Fsp3) is 0.174. The molecular weight excluding hydrogens is 380 g/mol. The van der Waals surface area contributed by atoms with E-state index in [1.54, 1.807) is 43.1 Å². The van der Waals surface area contributed by atoms with Gasteiger partial charge in [0.15, 0.2) is 5.65 Å². The molecule has 2 heterocycles. The molecule has 0 bridgehead atoms. The second-order valence-corrected chi connectivity index (χ2v) is 6.84. The number of amides is 1. The second-order valence-electron chi connectivity index (χ2n) is 6.84. The third-order valence-corrected chi connectivity index (χ3v) is 5.02. The Morgan fingerprint density at radius 3 is 2.50 bits per heavy atom. The average Bonchev–Trinajstić information content (AvgIpc) is 3.11. The van der Waals surface area contributed by atoms with Gasteiger partial charge >= 0.3 is 0 Å². The molecule has 2 aromatic carbocycles. The molecule has 0 unspecified atom stereocenters. The van der Waals surface area contributed by atoms with Gasteiger partial charge in [-0.15, -0.1) is 0 Å². The Labute approximate surface area is 174 Å². The topological polar surface area (TPSA) is 77.8 Å². The van der Waals surface area contributed by atoms with Crippen molar-refractivity contribution in [2.45, 2.75) is 13.8 Å². The average molecular weight is 402 g/mol. The Bertz CT molecular complexity index is 1230. The summed E-state index contributed by atoms with van der Waals surface area (Å²) in [6, 6.07) is 15.2. The van der Waals surface area contributed by atoms with Crippen LogP contribution in [0.2, 0.25) is 0 Å². The Balaban J connectivity index is 1.74. The molecule has 1 amide bonds. The van der Waals surface area contributed by atoms with Gasteiger partial charge in [-0.05, 0) is 31.5 Å². The molecule has 0 aliphatic rings. The lowest BCUT2D eigenvalue weighted by atomic mass is 10.1. The maximum Gasteiger partial charge on any atom is 0.259 e. The number of benzene rings is 2. The maximum absolute atomic E-state index is 13.0. The number of hydrogen-bond donors (Lipinski definition) is 1. The number of carbonyl (C=O) groups is 1. The molecule has 2 aromatic heterocycles. The van der Waals surface area contributed by atoms with Gasteiger partial charge in [0.05, 0.1) is 36.9 Å². The van der Waals surface area contributed by atoms with Crippen molar-refractivity contribution in [3.63, 3.8) is 0 Å². The number of hydrogen-bond acceptors (Lipinski definition) is 5. The molecule has 0 saturated heterocycles. The van der Waals surface area contributed by atoms with Gasteiger partial charge in [0.1, 0.15) is 11.5 Å². The minimum atomic E-state index is -0.303. The first-order valence-electron chi connectivity index (χ1n) is 9.47. The number of nitrogens with one attached hydrogen (secondary N) is 1. The van der Waals surface area contributed by atoms with E-state index in [2.05, 4.69) is 15.4 Å². The predicted molar refractivity (Wildman–Crippen MR) is 115 cm³/mol. The quantitative estimate of drug-likeness (QED) is 0.539. The minimum absolute atomic E-state index is 0.303. The lowest BCUT2D eigenvalue weighted by molar-refractivity contribution is 0.102. The van der Waals surface area contributed by atoms with Crippen molar-refractivity contribution in [3.8, 4) is 22.6 Å². The Hall–Kier alpha value is -3.87. The highest BCUT2D eigenvalue weighted by Crippen LogP contribution is 2.31. The van der Waals surface area contributed by atoms with Crippen LogP contribution in [0.1, 0.15) is 21.7 Å². The summed E-state index contributed by atoms with van der Waals surface area (Å²) < 4.78 is 12.3. The Morgan fingerprint density at radius 2 is 1.80 bits per heavy atom. The highest BCUT2D eigenvalue weighted by atomic mass is 16.5. The SMILES string of the molecule is COc1ccc(OC)c(NC(=O)c2cnc3c(-c4ccccc4)c(C)nn3c2C)c1. The van der Waals surface area contributed by atoms with Crippen LogP contribution in [-0.4, -0.2) is 34.7 Å². The summed E-state index contributed by atoms with van der Waals surface area (Å²) in [4.78, 5) is 17.6. The predicted octanol–water partition coefficient (Wildman–Crippen LogP) is 4.28. The molecule has 152 valence electrons. The number of aromatic nitrogens is 3. The molecule has 0 fully saturated rings. The van der Waals surface area contributed by atoms with Crippen LogP contribution < -0.4 is 14.8 Å². The van der Waals surface area contributed by atoms with E-state index in [0.29, 0.717) is 34.1 Å². The van der Waals surface area contributed by atoms with Crippen molar-refractivity contribution < 1.29 is 14.3 Å². The lowest BCUT2D eigenvalue weighted by Crippen LogP contribution is -2.16. The molecule has 7 nitrogen and oxygen atoms in total. The molecule has 4 aromatic rings. The molecule has 0 aliphatic carbocycles. The molecule has 30 heavy (non-hydrogen) atoms. The van der Waals surface area contributed by atoms with Crippen LogP contribution in [0.3, 0.4) is 0 Å². The van der Waals surface area contributed by atoms with E-state index >= 15 is 0 Å². The fourth-order valence-corrected chi connectivity index (χ4v) is 3.47. The van der Waals surface area contributed by atoms with Gasteiger partial charge in [0.25, 0.3) is 5.91 Å². The molecule has 0 saturated carbocycles. The summed E-state index contributed by atoms with van der Waals surface area (Å²) >= 11 is 0. The van der Waals surface area contributed by atoms with Gasteiger partial charge in [0.2, 0.25) is 0 Å². The highest BCUT2D eigenvalue weighted by molar-refractivity contribution is 6.06. The summed E-state index contributed by atoms with van der Waals surface area (Å²) in [6.45, 7) is 3.80. The van der Waals surface area contributed by atoms with Crippen molar-refractivity contribution in [2.24, 2.45) is 0 Å². The van der Waals surface area contributed by atoms with E-state index in [4.69, 9.17) is 9.47 Å². The van der Waals surface area contributed by atoms with Crippen molar-refractivity contribution in [2.75, 3.05) is 19.5 Å². The number of fused-ring (bicyclic) bond motifs is 1. The van der Waals surface area contributed by atoms with Crippen LogP contribution in [0.25, 0.3) is 16.8 Å². The van der Waals surface area contributed by atoms with Crippen LogP contribution in [0, 0.1) is 13.8 Å². The van der Waals surface area contributed by atoms with Crippen LogP contribution in [0.5, 0.6) is 11.5 Å². The van der Waals surface area contributed by atoms with Crippen molar-refractivity contribution in [1.82, 2.24) is 14.6 Å². The van der Waals surface area contributed by atoms with E-state index in [1.165, 1.54) is 0 Å². The Morgan fingerprint density at radius 1 is 1.03 bits per heavy atom. The van der Waals surface area contributed by atoms with Crippen molar-refractivity contribution in [1.29, 1.82) is 0 Å². The summed E-state index contributed by atoms with van der Waals surface area (Å²) in [5.74, 6) is 0.853. The van der Waals surface area contributed by atoms with Gasteiger partial charge in [-0.25, -0.2) is 9.50 Å². The first-order chi connectivity index (χ1) is 14.5. The lowest BCUT2D eigenvalue weighted by Gasteiger charge is -2.13.